The summed E-state index contributed by atoms with van der Waals surface area (Å²) in [6.07, 6.45) is 6.55. The molecule has 1 aromatic carbocycles. The number of allylic oxidation sites excluding steroid dienone is 2. The normalized spacial score (nSPS) is 26.6. The Morgan fingerprint density at radius 3 is 2.48 bits per heavy atom. The Kier molecular flexibility index (Phi) is 8.78. The Balaban J connectivity index is 1.24. The first-order valence-electron chi connectivity index (χ1n) is 15.8. The molecule has 1 unspecified atom stereocenters. The molecule has 8 nitrogen and oxygen atoms in total. The number of rotatable bonds is 9. The lowest BCUT2D eigenvalue weighted by Crippen LogP contribution is -2.52. The zero-order valence-corrected chi connectivity index (χ0v) is 26.8. The Labute approximate surface area is 262 Å². The van der Waals surface area contributed by atoms with Gasteiger partial charge in [-0.25, -0.2) is 8.78 Å². The quantitative estimate of drug-likeness (QED) is 0.272. The van der Waals surface area contributed by atoms with E-state index in [0.717, 1.165) is 64.1 Å². The summed E-state index contributed by atoms with van der Waals surface area (Å²) in [5.41, 5.74) is 5.18. The number of fused-ring (bicyclic) bond motifs is 1. The van der Waals surface area contributed by atoms with Gasteiger partial charge in [-0.05, 0) is 82.9 Å². The minimum Gasteiger partial charge on any atom is -0.389 e. The van der Waals surface area contributed by atoms with Crippen LogP contribution in [0.3, 0.4) is 0 Å². The van der Waals surface area contributed by atoms with Crippen molar-refractivity contribution in [3.05, 3.63) is 51.7 Å². The number of hydrogen-bond donors (Lipinski definition) is 5. The van der Waals surface area contributed by atoms with Crippen LogP contribution in [0.4, 0.5) is 14.5 Å². The summed E-state index contributed by atoms with van der Waals surface area (Å²) in [7, 11) is 0. The average molecular weight is 630 g/mol. The van der Waals surface area contributed by atoms with Crippen molar-refractivity contribution in [2.45, 2.75) is 95.7 Å². The highest BCUT2D eigenvalue weighted by Gasteiger charge is 2.46. The zero-order valence-electron chi connectivity index (χ0n) is 26.0. The van der Waals surface area contributed by atoms with Gasteiger partial charge in [-0.15, -0.1) is 11.8 Å². The van der Waals surface area contributed by atoms with Crippen molar-refractivity contribution in [2.24, 2.45) is 5.92 Å². The number of benzene rings is 1. The number of amides is 1. The molecule has 0 spiro atoms. The van der Waals surface area contributed by atoms with Crippen molar-refractivity contribution >= 4 is 34.3 Å². The molecular formula is C33H45F2N5O3S. The maximum Gasteiger partial charge on any atom is 0.253 e. The molecule has 11 heteroatoms. The van der Waals surface area contributed by atoms with Crippen LogP contribution in [0.15, 0.2) is 40.5 Å². The average Bonchev–Trinajstić information content (AvgIpc) is 3.24. The largest absolute Gasteiger partial charge is 0.389 e. The second-order valence-electron chi connectivity index (χ2n) is 13.2. The van der Waals surface area contributed by atoms with Gasteiger partial charge >= 0.3 is 0 Å². The van der Waals surface area contributed by atoms with Crippen LogP contribution in [-0.2, 0) is 0 Å². The molecule has 4 aliphatic rings. The van der Waals surface area contributed by atoms with Gasteiger partial charge in [0.1, 0.15) is 6.23 Å². The number of hydrogen-bond acceptors (Lipinski definition) is 7. The fourth-order valence-corrected chi connectivity index (χ4v) is 8.34. The van der Waals surface area contributed by atoms with E-state index >= 15 is 0 Å². The predicted molar refractivity (Wildman–Crippen MR) is 172 cm³/mol. The van der Waals surface area contributed by atoms with E-state index in [1.54, 1.807) is 11.8 Å². The highest BCUT2D eigenvalue weighted by Crippen LogP contribution is 2.41. The minimum absolute atomic E-state index is 0.0548. The second kappa shape index (κ2) is 12.3. The SMILES string of the molecule is CSC1=C(CNC(=O)c2c(C)n([C@H](C)C3CCC(NC4CC(F)(F)C4)CC3)c3cc(N4CC(O)C4)ccc23)C(O)NC(C)=C1. The van der Waals surface area contributed by atoms with Crippen molar-refractivity contribution in [2.75, 3.05) is 30.8 Å². The van der Waals surface area contributed by atoms with Crippen LogP contribution in [0.5, 0.6) is 0 Å². The molecule has 0 bridgehead atoms. The summed E-state index contributed by atoms with van der Waals surface area (Å²) in [6, 6.07) is 6.52. The van der Waals surface area contributed by atoms with Crippen LogP contribution in [0.25, 0.3) is 10.9 Å². The number of thioether (sulfide) groups is 1. The fraction of sp³-hybridized carbons (Fsp3) is 0.606. The molecule has 2 aliphatic carbocycles. The van der Waals surface area contributed by atoms with Gasteiger partial charge in [-0.1, -0.05) is 0 Å². The number of carbonyl (C=O) groups is 1. The number of β-amino-alcohol motifs (C(OH)–C–C–N with tert-alkyl or cyclic N) is 1. The monoisotopic (exact) mass is 629 g/mol. The highest BCUT2D eigenvalue weighted by atomic mass is 32.2. The molecule has 1 amide bonds. The second-order valence-corrected chi connectivity index (χ2v) is 14.1. The number of aliphatic hydroxyl groups excluding tert-OH is 2. The van der Waals surface area contributed by atoms with Crippen LogP contribution in [0.1, 0.15) is 74.5 Å². The van der Waals surface area contributed by atoms with Crippen molar-refractivity contribution in [1.82, 2.24) is 20.5 Å². The highest BCUT2D eigenvalue weighted by molar-refractivity contribution is 8.02. The molecule has 0 radical (unpaired) electrons. The van der Waals surface area contributed by atoms with Crippen LogP contribution in [0, 0.1) is 12.8 Å². The number of aromatic nitrogens is 1. The first kappa shape index (κ1) is 31.4. The topological polar surface area (TPSA) is 102 Å². The van der Waals surface area contributed by atoms with E-state index in [0.29, 0.717) is 24.6 Å². The maximum atomic E-state index is 13.9. The molecule has 44 heavy (non-hydrogen) atoms. The molecular weight excluding hydrogens is 584 g/mol. The molecule has 5 N–H and O–H groups in total. The molecule has 2 saturated carbocycles. The minimum atomic E-state index is -2.51. The van der Waals surface area contributed by atoms with Gasteiger partial charge in [0, 0.05) is 83.5 Å². The standard InChI is InChI=1S/C33H45F2N5O3S/c1-18-11-29(44-4)27(31(42)37-18)15-36-32(43)30-20(3)40(28-12-24(9-10-26(28)30)39-16-25(41)17-39)19(2)21-5-7-22(8-6-21)38-23-13-33(34,35)14-23/h9-12,19,21-23,25,31,37-38,41-42H,5-8,13-17H2,1-4H3,(H,36,43)/t19-,21?,22?,31?/m1/s1. The Morgan fingerprint density at radius 1 is 1.14 bits per heavy atom. The van der Waals surface area contributed by atoms with Crippen LogP contribution in [-0.4, -0.2) is 76.9 Å². The number of dihydropyridines is 1. The van der Waals surface area contributed by atoms with Gasteiger partial charge in [0.25, 0.3) is 11.8 Å². The molecule has 3 heterocycles. The zero-order chi connectivity index (χ0) is 31.3. The number of anilines is 1. The first-order chi connectivity index (χ1) is 20.9. The van der Waals surface area contributed by atoms with Crippen LogP contribution in [0.2, 0.25) is 0 Å². The molecule has 2 atom stereocenters. The molecule has 1 saturated heterocycles. The third-order valence-corrected chi connectivity index (χ3v) is 10.9. The van der Waals surface area contributed by atoms with Gasteiger partial charge in [-0.3, -0.25) is 4.79 Å². The maximum absolute atomic E-state index is 13.9. The molecule has 2 aromatic rings. The summed E-state index contributed by atoms with van der Waals surface area (Å²) in [4.78, 5) is 17.0. The van der Waals surface area contributed by atoms with Gasteiger partial charge in [-0.2, -0.15) is 0 Å². The lowest BCUT2D eigenvalue weighted by atomic mass is 9.80. The number of alkyl halides is 2. The van der Waals surface area contributed by atoms with E-state index in [1.165, 1.54) is 0 Å². The van der Waals surface area contributed by atoms with Crippen molar-refractivity contribution < 1.29 is 23.8 Å². The Morgan fingerprint density at radius 2 is 1.84 bits per heavy atom. The predicted octanol–water partition coefficient (Wildman–Crippen LogP) is 4.81. The van der Waals surface area contributed by atoms with E-state index in [1.807, 2.05) is 38.3 Å². The first-order valence-corrected chi connectivity index (χ1v) is 17.1. The number of aliphatic hydroxyl groups is 2. The number of carbonyl (C=O) groups excluding carboxylic acids is 1. The van der Waals surface area contributed by atoms with Gasteiger partial charge in [0.2, 0.25) is 0 Å². The van der Waals surface area contributed by atoms with Crippen LogP contribution < -0.4 is 20.9 Å². The van der Waals surface area contributed by atoms with E-state index in [-0.39, 0.29) is 49.5 Å². The number of nitrogens with zero attached hydrogens (tertiary/aromatic N) is 2. The Hall–Kier alpha value is -2.60. The molecule has 2 aliphatic heterocycles. The fourth-order valence-electron chi connectivity index (χ4n) is 7.60. The van der Waals surface area contributed by atoms with E-state index in [9.17, 15) is 23.8 Å². The third kappa shape index (κ3) is 6.12. The van der Waals surface area contributed by atoms with Crippen molar-refractivity contribution in [3.8, 4) is 0 Å². The summed E-state index contributed by atoms with van der Waals surface area (Å²) < 4.78 is 29.0. The molecule has 3 fully saturated rings. The summed E-state index contributed by atoms with van der Waals surface area (Å²) >= 11 is 1.55. The number of halogens is 2. The molecule has 1 aromatic heterocycles. The van der Waals surface area contributed by atoms with Crippen LogP contribution >= 0.6 is 11.8 Å². The number of nitrogens with one attached hydrogen (secondary N) is 3. The van der Waals surface area contributed by atoms with E-state index in [4.69, 9.17) is 0 Å². The summed E-state index contributed by atoms with van der Waals surface area (Å²) in [5, 5.41) is 31.1. The summed E-state index contributed by atoms with van der Waals surface area (Å²) in [5.74, 6) is -2.30. The van der Waals surface area contributed by atoms with Crippen molar-refractivity contribution in [3.63, 3.8) is 0 Å². The van der Waals surface area contributed by atoms with E-state index < -0.39 is 12.2 Å². The van der Waals surface area contributed by atoms with Crippen molar-refractivity contribution in [1.29, 1.82) is 0 Å². The lowest BCUT2D eigenvalue weighted by molar-refractivity contribution is -0.0957. The van der Waals surface area contributed by atoms with Gasteiger partial charge < -0.3 is 35.6 Å². The molecule has 6 rings (SSSR count). The third-order valence-electron chi connectivity index (χ3n) is 10.1. The Bertz CT molecular complexity index is 1470. The molecule has 240 valence electrons. The summed E-state index contributed by atoms with van der Waals surface area (Å²) in [6.45, 7) is 7.56. The van der Waals surface area contributed by atoms with E-state index in [2.05, 4.69) is 38.4 Å². The smallest absolute Gasteiger partial charge is 0.253 e. The van der Waals surface area contributed by atoms with Gasteiger partial charge in [0.15, 0.2) is 0 Å². The van der Waals surface area contributed by atoms with Gasteiger partial charge in [0.05, 0.1) is 17.2 Å². The lowest BCUT2D eigenvalue weighted by Gasteiger charge is -2.41.